The standard InChI is InChI=1S/C11H14N2O.ClH/c12-11-10(2-1-5-13-11)8-9-3-6-14-7-4-9;/h1-2,5,8H,3-4,6-7H2,(H2,12,13);1H. The van der Waals surface area contributed by atoms with E-state index in [9.17, 15) is 0 Å². The van der Waals surface area contributed by atoms with Crippen molar-refractivity contribution in [3.05, 3.63) is 29.5 Å². The van der Waals surface area contributed by atoms with E-state index in [1.54, 1.807) is 6.20 Å². The molecule has 0 bridgehead atoms. The van der Waals surface area contributed by atoms with E-state index in [-0.39, 0.29) is 12.4 Å². The molecule has 1 aromatic rings. The highest BCUT2D eigenvalue weighted by Gasteiger charge is 2.06. The van der Waals surface area contributed by atoms with Gasteiger partial charge in [0.25, 0.3) is 0 Å². The number of nitrogen functional groups attached to an aromatic ring is 1. The Morgan fingerprint density at radius 1 is 1.33 bits per heavy atom. The topological polar surface area (TPSA) is 48.1 Å². The Balaban J connectivity index is 0.00000112. The molecular formula is C11H15ClN2O. The Bertz CT molecular complexity index is 344. The van der Waals surface area contributed by atoms with Crippen molar-refractivity contribution in [3.8, 4) is 0 Å². The van der Waals surface area contributed by atoms with Crippen LogP contribution in [0.5, 0.6) is 0 Å². The van der Waals surface area contributed by atoms with Gasteiger partial charge in [-0.3, -0.25) is 0 Å². The van der Waals surface area contributed by atoms with E-state index in [2.05, 4.69) is 11.1 Å². The molecule has 82 valence electrons. The first-order chi connectivity index (χ1) is 6.86. The van der Waals surface area contributed by atoms with Crippen molar-refractivity contribution in [3.63, 3.8) is 0 Å². The zero-order valence-corrected chi connectivity index (χ0v) is 9.30. The van der Waals surface area contributed by atoms with Gasteiger partial charge in [0.1, 0.15) is 5.82 Å². The Labute approximate surface area is 95.8 Å². The number of rotatable bonds is 1. The molecule has 0 aliphatic carbocycles. The average molecular weight is 227 g/mol. The maximum atomic E-state index is 5.75. The summed E-state index contributed by atoms with van der Waals surface area (Å²) >= 11 is 0. The highest BCUT2D eigenvalue weighted by atomic mass is 35.5. The van der Waals surface area contributed by atoms with Gasteiger partial charge < -0.3 is 10.5 Å². The van der Waals surface area contributed by atoms with E-state index in [1.807, 2.05) is 12.1 Å². The first-order valence-corrected chi connectivity index (χ1v) is 4.84. The van der Waals surface area contributed by atoms with Crippen LogP contribution in [0.3, 0.4) is 0 Å². The summed E-state index contributed by atoms with van der Waals surface area (Å²) in [4.78, 5) is 4.05. The number of ether oxygens (including phenoxy) is 1. The minimum absolute atomic E-state index is 0. The normalized spacial score (nSPS) is 15.6. The molecule has 0 aromatic carbocycles. The molecule has 2 rings (SSSR count). The van der Waals surface area contributed by atoms with Gasteiger partial charge in [-0.15, -0.1) is 12.4 Å². The highest BCUT2D eigenvalue weighted by Crippen LogP contribution is 2.19. The number of hydrogen-bond acceptors (Lipinski definition) is 3. The fraction of sp³-hybridized carbons (Fsp3) is 0.364. The summed E-state index contributed by atoms with van der Waals surface area (Å²) in [5.74, 6) is 0.603. The zero-order valence-electron chi connectivity index (χ0n) is 8.48. The summed E-state index contributed by atoms with van der Waals surface area (Å²) in [6, 6.07) is 3.90. The van der Waals surface area contributed by atoms with Crippen LogP contribution < -0.4 is 5.73 Å². The lowest BCUT2D eigenvalue weighted by molar-refractivity contribution is 0.119. The van der Waals surface area contributed by atoms with Gasteiger partial charge in [0.15, 0.2) is 0 Å². The Hall–Kier alpha value is -1.06. The molecule has 1 aromatic heterocycles. The molecule has 2 N–H and O–H groups in total. The van der Waals surface area contributed by atoms with Gasteiger partial charge in [-0.2, -0.15) is 0 Å². The van der Waals surface area contributed by atoms with Gasteiger partial charge >= 0.3 is 0 Å². The second kappa shape index (κ2) is 5.73. The second-order valence-electron chi connectivity index (χ2n) is 3.39. The lowest BCUT2D eigenvalue weighted by Crippen LogP contribution is -2.07. The molecular weight excluding hydrogens is 212 g/mol. The molecule has 4 heteroatoms. The predicted molar refractivity (Wildman–Crippen MR) is 63.9 cm³/mol. The van der Waals surface area contributed by atoms with Crippen LogP contribution >= 0.6 is 12.4 Å². The Morgan fingerprint density at radius 3 is 2.73 bits per heavy atom. The van der Waals surface area contributed by atoms with Crippen LogP contribution in [-0.2, 0) is 4.74 Å². The molecule has 0 atom stereocenters. The third kappa shape index (κ3) is 3.22. The number of halogens is 1. The van der Waals surface area contributed by atoms with Crippen molar-refractivity contribution < 1.29 is 4.74 Å². The van der Waals surface area contributed by atoms with E-state index < -0.39 is 0 Å². The summed E-state index contributed by atoms with van der Waals surface area (Å²) in [5.41, 5.74) is 8.17. The maximum absolute atomic E-state index is 5.75. The van der Waals surface area contributed by atoms with E-state index in [4.69, 9.17) is 10.5 Å². The fourth-order valence-electron chi connectivity index (χ4n) is 1.55. The molecule has 0 saturated carbocycles. The molecule has 2 heterocycles. The number of anilines is 1. The molecule has 1 aliphatic heterocycles. The van der Waals surface area contributed by atoms with Gasteiger partial charge in [0, 0.05) is 11.8 Å². The van der Waals surface area contributed by atoms with Crippen LogP contribution in [0.25, 0.3) is 6.08 Å². The molecule has 1 aliphatic rings. The third-order valence-corrected chi connectivity index (χ3v) is 2.37. The minimum atomic E-state index is 0. The van der Waals surface area contributed by atoms with Gasteiger partial charge in [0.2, 0.25) is 0 Å². The number of pyridine rings is 1. The van der Waals surface area contributed by atoms with Crippen LogP contribution in [0, 0.1) is 0 Å². The molecule has 1 saturated heterocycles. The monoisotopic (exact) mass is 226 g/mol. The van der Waals surface area contributed by atoms with E-state index in [1.165, 1.54) is 5.57 Å². The fourth-order valence-corrected chi connectivity index (χ4v) is 1.55. The number of aromatic nitrogens is 1. The van der Waals surface area contributed by atoms with Crippen LogP contribution in [0.1, 0.15) is 18.4 Å². The zero-order chi connectivity index (χ0) is 9.80. The first kappa shape index (κ1) is 12.0. The molecule has 0 unspecified atom stereocenters. The number of nitrogens with two attached hydrogens (primary N) is 1. The SMILES string of the molecule is Cl.Nc1ncccc1C=C1CCOCC1. The third-order valence-electron chi connectivity index (χ3n) is 2.37. The minimum Gasteiger partial charge on any atom is -0.383 e. The number of nitrogens with zero attached hydrogens (tertiary/aromatic N) is 1. The highest BCUT2D eigenvalue weighted by molar-refractivity contribution is 5.85. The lowest BCUT2D eigenvalue weighted by atomic mass is 10.0. The summed E-state index contributed by atoms with van der Waals surface area (Å²) in [6.07, 6.45) is 5.86. The largest absolute Gasteiger partial charge is 0.383 e. The van der Waals surface area contributed by atoms with Gasteiger partial charge in [-0.05, 0) is 25.0 Å². The van der Waals surface area contributed by atoms with Gasteiger partial charge in [0.05, 0.1) is 13.2 Å². The van der Waals surface area contributed by atoms with Crippen molar-refractivity contribution in [2.24, 2.45) is 0 Å². The molecule has 15 heavy (non-hydrogen) atoms. The van der Waals surface area contributed by atoms with Crippen molar-refractivity contribution >= 4 is 24.3 Å². The lowest BCUT2D eigenvalue weighted by Gasteiger charge is -2.14. The molecule has 0 amide bonds. The van der Waals surface area contributed by atoms with Gasteiger partial charge in [-0.25, -0.2) is 4.98 Å². The average Bonchev–Trinajstić information content (AvgIpc) is 2.23. The van der Waals surface area contributed by atoms with Crippen LogP contribution in [-0.4, -0.2) is 18.2 Å². The van der Waals surface area contributed by atoms with Gasteiger partial charge in [-0.1, -0.05) is 11.6 Å². The van der Waals surface area contributed by atoms with E-state index in [0.29, 0.717) is 5.82 Å². The van der Waals surface area contributed by atoms with Crippen molar-refractivity contribution in [2.45, 2.75) is 12.8 Å². The molecule has 1 fully saturated rings. The summed E-state index contributed by atoms with van der Waals surface area (Å²) in [6.45, 7) is 1.65. The Kier molecular flexibility index (Phi) is 4.59. The predicted octanol–water partition coefficient (Wildman–Crippen LogP) is 2.28. The maximum Gasteiger partial charge on any atom is 0.130 e. The van der Waals surface area contributed by atoms with E-state index >= 15 is 0 Å². The van der Waals surface area contributed by atoms with Crippen LogP contribution in [0.2, 0.25) is 0 Å². The van der Waals surface area contributed by atoms with Crippen LogP contribution in [0.4, 0.5) is 5.82 Å². The summed E-state index contributed by atoms with van der Waals surface area (Å²) in [7, 11) is 0. The van der Waals surface area contributed by atoms with E-state index in [0.717, 1.165) is 31.6 Å². The summed E-state index contributed by atoms with van der Waals surface area (Å²) in [5, 5.41) is 0. The van der Waals surface area contributed by atoms with Crippen molar-refractivity contribution in [1.29, 1.82) is 0 Å². The molecule has 3 nitrogen and oxygen atoms in total. The number of hydrogen-bond donors (Lipinski definition) is 1. The summed E-state index contributed by atoms with van der Waals surface area (Å²) < 4.78 is 5.28. The Morgan fingerprint density at radius 2 is 2.07 bits per heavy atom. The first-order valence-electron chi connectivity index (χ1n) is 4.84. The van der Waals surface area contributed by atoms with Crippen molar-refractivity contribution in [1.82, 2.24) is 4.98 Å². The van der Waals surface area contributed by atoms with Crippen LogP contribution in [0.15, 0.2) is 23.9 Å². The second-order valence-corrected chi connectivity index (χ2v) is 3.39. The van der Waals surface area contributed by atoms with Crippen molar-refractivity contribution in [2.75, 3.05) is 18.9 Å². The molecule has 0 radical (unpaired) electrons. The smallest absolute Gasteiger partial charge is 0.130 e. The molecule has 0 spiro atoms. The quantitative estimate of drug-likeness (QED) is 0.799.